The summed E-state index contributed by atoms with van der Waals surface area (Å²) in [7, 11) is 0. The number of aromatic nitrogens is 2. The van der Waals surface area contributed by atoms with Gasteiger partial charge >= 0.3 is 0 Å². The molecule has 0 saturated carbocycles. The summed E-state index contributed by atoms with van der Waals surface area (Å²) < 4.78 is 8.33. The van der Waals surface area contributed by atoms with Crippen LogP contribution in [0.2, 0.25) is 0 Å². The van der Waals surface area contributed by atoms with Crippen molar-refractivity contribution in [3.8, 4) is 5.75 Å². The Hall–Kier alpha value is -2.52. The maximum atomic E-state index is 13.1. The van der Waals surface area contributed by atoms with Gasteiger partial charge in [-0.1, -0.05) is 38.8 Å². The van der Waals surface area contributed by atoms with Crippen molar-refractivity contribution in [3.63, 3.8) is 0 Å². The first-order chi connectivity index (χ1) is 13.9. The molecule has 29 heavy (non-hydrogen) atoms. The van der Waals surface area contributed by atoms with Crippen LogP contribution in [0.1, 0.15) is 24.7 Å². The van der Waals surface area contributed by atoms with E-state index in [2.05, 4.69) is 41.9 Å². The molecule has 0 aliphatic heterocycles. The smallest absolute Gasteiger partial charge is 0.282 e. The van der Waals surface area contributed by atoms with E-state index in [1.807, 2.05) is 13.0 Å². The second-order valence-electron chi connectivity index (χ2n) is 6.24. The summed E-state index contributed by atoms with van der Waals surface area (Å²) in [5.41, 5.74) is 6.11. The number of hydrogen-bond acceptors (Lipinski definition) is 5. The summed E-state index contributed by atoms with van der Waals surface area (Å²) in [6, 6.07) is 10.6. The highest BCUT2D eigenvalue weighted by molar-refractivity contribution is 9.10. The van der Waals surface area contributed by atoms with Crippen LogP contribution in [0.4, 0.5) is 0 Å². The molecule has 0 aliphatic carbocycles. The van der Waals surface area contributed by atoms with Crippen LogP contribution in [0.15, 0.2) is 55.2 Å². The van der Waals surface area contributed by atoms with Gasteiger partial charge in [0.25, 0.3) is 11.5 Å². The van der Waals surface area contributed by atoms with Crippen molar-refractivity contribution in [1.29, 1.82) is 0 Å². The number of primary amides is 1. The van der Waals surface area contributed by atoms with Gasteiger partial charge in [-0.3, -0.25) is 9.59 Å². The van der Waals surface area contributed by atoms with Gasteiger partial charge in [0.1, 0.15) is 11.6 Å². The third-order valence-corrected chi connectivity index (χ3v) is 4.99. The van der Waals surface area contributed by atoms with Gasteiger partial charge < -0.3 is 10.5 Å². The number of fused-ring (bicyclic) bond motifs is 1. The van der Waals surface area contributed by atoms with E-state index in [1.54, 1.807) is 30.3 Å². The average molecular weight is 522 g/mol. The summed E-state index contributed by atoms with van der Waals surface area (Å²) >= 11 is 6.79. The molecule has 3 rings (SSSR count). The minimum Gasteiger partial charge on any atom is -0.483 e. The molecule has 1 amide bonds. The lowest BCUT2D eigenvalue weighted by atomic mass is 10.2. The molecule has 0 saturated heterocycles. The quantitative estimate of drug-likeness (QED) is 0.480. The fourth-order valence-electron chi connectivity index (χ4n) is 2.72. The molecule has 7 nitrogen and oxygen atoms in total. The molecule has 0 spiro atoms. The summed E-state index contributed by atoms with van der Waals surface area (Å²) in [5, 5.41) is 4.86. The third-order valence-electron chi connectivity index (χ3n) is 4.00. The SMILES string of the molecule is CCCc1nc2ccc(Br)cc2c(=O)n1N=Cc1cc(Br)ccc1OCC(N)=O. The fraction of sp³-hybridized carbons (Fsp3) is 0.200. The number of benzene rings is 2. The molecule has 3 aromatic rings. The van der Waals surface area contributed by atoms with E-state index in [4.69, 9.17) is 10.5 Å². The van der Waals surface area contributed by atoms with E-state index in [-0.39, 0.29) is 12.2 Å². The van der Waals surface area contributed by atoms with E-state index in [0.29, 0.717) is 34.5 Å². The van der Waals surface area contributed by atoms with Gasteiger partial charge in [-0.2, -0.15) is 9.78 Å². The van der Waals surface area contributed by atoms with Crippen molar-refractivity contribution in [2.75, 3.05) is 6.61 Å². The van der Waals surface area contributed by atoms with Crippen LogP contribution >= 0.6 is 31.9 Å². The molecular weight excluding hydrogens is 504 g/mol. The average Bonchev–Trinajstić information content (AvgIpc) is 2.67. The minimum absolute atomic E-state index is 0.255. The number of aryl methyl sites for hydroxylation is 1. The first-order valence-electron chi connectivity index (χ1n) is 8.85. The Kier molecular flexibility index (Phi) is 6.81. The molecule has 0 aliphatic rings. The number of carbonyl (C=O) groups is 1. The molecule has 1 aromatic heterocycles. The lowest BCUT2D eigenvalue weighted by Crippen LogP contribution is -2.22. The lowest BCUT2D eigenvalue weighted by molar-refractivity contribution is -0.119. The molecule has 9 heteroatoms. The molecular formula is C20H18Br2N4O3. The van der Waals surface area contributed by atoms with Gasteiger partial charge in [0.2, 0.25) is 0 Å². The Morgan fingerprint density at radius 3 is 2.69 bits per heavy atom. The monoisotopic (exact) mass is 520 g/mol. The van der Waals surface area contributed by atoms with Crippen molar-refractivity contribution >= 4 is 54.9 Å². The zero-order chi connectivity index (χ0) is 21.0. The summed E-state index contributed by atoms with van der Waals surface area (Å²) in [5.74, 6) is 0.414. The number of carbonyl (C=O) groups excluding carboxylic acids is 1. The maximum absolute atomic E-state index is 13.1. The van der Waals surface area contributed by atoms with Gasteiger partial charge in [-0.25, -0.2) is 4.98 Å². The van der Waals surface area contributed by atoms with Gasteiger partial charge in [0, 0.05) is 20.9 Å². The lowest BCUT2D eigenvalue weighted by Gasteiger charge is -2.10. The molecule has 150 valence electrons. The van der Waals surface area contributed by atoms with Crippen molar-refractivity contribution in [1.82, 2.24) is 9.66 Å². The zero-order valence-corrected chi connectivity index (χ0v) is 18.7. The van der Waals surface area contributed by atoms with Gasteiger partial charge in [-0.15, -0.1) is 0 Å². The van der Waals surface area contributed by atoms with Crippen molar-refractivity contribution < 1.29 is 9.53 Å². The largest absolute Gasteiger partial charge is 0.483 e. The van der Waals surface area contributed by atoms with Crippen LogP contribution in [-0.2, 0) is 11.2 Å². The number of nitrogens with zero attached hydrogens (tertiary/aromatic N) is 3. The Morgan fingerprint density at radius 2 is 1.97 bits per heavy atom. The van der Waals surface area contributed by atoms with Gasteiger partial charge in [-0.05, 0) is 42.8 Å². The number of rotatable bonds is 7. The van der Waals surface area contributed by atoms with Gasteiger partial charge in [0.15, 0.2) is 6.61 Å². The van der Waals surface area contributed by atoms with Crippen LogP contribution in [0, 0.1) is 0 Å². The fourth-order valence-corrected chi connectivity index (χ4v) is 3.46. The Bertz CT molecular complexity index is 1160. The van der Waals surface area contributed by atoms with Crippen LogP contribution in [0.5, 0.6) is 5.75 Å². The Morgan fingerprint density at radius 1 is 1.24 bits per heavy atom. The van der Waals surface area contributed by atoms with E-state index < -0.39 is 5.91 Å². The highest BCUT2D eigenvalue weighted by Crippen LogP contribution is 2.22. The maximum Gasteiger partial charge on any atom is 0.282 e. The van der Waals surface area contributed by atoms with E-state index >= 15 is 0 Å². The first kappa shape index (κ1) is 21.2. The van der Waals surface area contributed by atoms with E-state index in [9.17, 15) is 9.59 Å². The predicted molar refractivity (Wildman–Crippen MR) is 120 cm³/mol. The summed E-state index contributed by atoms with van der Waals surface area (Å²) in [6.07, 6.45) is 2.92. The molecule has 0 fully saturated rings. The predicted octanol–water partition coefficient (Wildman–Crippen LogP) is 3.62. The van der Waals surface area contributed by atoms with Crippen LogP contribution in [-0.4, -0.2) is 28.4 Å². The number of halogens is 2. The normalized spacial score (nSPS) is 11.3. The molecule has 2 aromatic carbocycles. The summed E-state index contributed by atoms with van der Waals surface area (Å²) in [6.45, 7) is 1.76. The molecule has 0 bridgehead atoms. The number of nitrogens with two attached hydrogens (primary N) is 1. The topological polar surface area (TPSA) is 99.6 Å². The molecule has 0 radical (unpaired) electrons. The van der Waals surface area contributed by atoms with Gasteiger partial charge in [0.05, 0.1) is 17.1 Å². The van der Waals surface area contributed by atoms with Crippen molar-refractivity contribution in [3.05, 3.63) is 67.1 Å². The molecule has 2 N–H and O–H groups in total. The second-order valence-corrected chi connectivity index (χ2v) is 8.07. The standard InChI is InChI=1S/C20H18Br2N4O3/c1-2-3-19-25-16-6-4-14(22)9-15(16)20(28)26(19)24-10-12-8-13(21)5-7-17(12)29-11-18(23)27/h4-10H,2-3,11H2,1H3,(H2,23,27). The molecule has 0 atom stereocenters. The number of amides is 1. The van der Waals surface area contributed by atoms with Crippen LogP contribution < -0.4 is 16.0 Å². The second kappa shape index (κ2) is 9.32. The molecule has 0 unspecified atom stereocenters. The highest BCUT2D eigenvalue weighted by Gasteiger charge is 2.11. The summed E-state index contributed by atoms with van der Waals surface area (Å²) in [4.78, 5) is 28.7. The van der Waals surface area contributed by atoms with E-state index in [1.165, 1.54) is 10.9 Å². The Balaban J connectivity index is 2.09. The van der Waals surface area contributed by atoms with E-state index in [0.717, 1.165) is 15.4 Å². The minimum atomic E-state index is -0.582. The Labute approximate surface area is 183 Å². The van der Waals surface area contributed by atoms with Crippen molar-refractivity contribution in [2.45, 2.75) is 19.8 Å². The first-order valence-corrected chi connectivity index (χ1v) is 10.4. The third kappa shape index (κ3) is 5.10. The van der Waals surface area contributed by atoms with Crippen LogP contribution in [0.25, 0.3) is 10.9 Å². The highest BCUT2D eigenvalue weighted by atomic mass is 79.9. The van der Waals surface area contributed by atoms with Crippen molar-refractivity contribution in [2.24, 2.45) is 10.8 Å². The zero-order valence-electron chi connectivity index (χ0n) is 15.6. The number of hydrogen-bond donors (Lipinski definition) is 1. The van der Waals surface area contributed by atoms with Crippen LogP contribution in [0.3, 0.4) is 0 Å². The number of ether oxygens (including phenoxy) is 1. The molecule has 1 heterocycles.